The molecule has 1 amide bonds. The maximum atomic E-state index is 12.4. The fourth-order valence-electron chi connectivity index (χ4n) is 2.37. The number of anilines is 1. The van der Waals surface area contributed by atoms with Crippen molar-refractivity contribution in [3.8, 4) is 11.4 Å². The van der Waals surface area contributed by atoms with Gasteiger partial charge < -0.3 is 10.1 Å². The van der Waals surface area contributed by atoms with Crippen molar-refractivity contribution in [2.45, 2.75) is 6.54 Å². The van der Waals surface area contributed by atoms with Crippen LogP contribution in [0.1, 0.15) is 0 Å². The number of amides is 1. The van der Waals surface area contributed by atoms with Gasteiger partial charge in [-0.25, -0.2) is 4.79 Å². The van der Waals surface area contributed by atoms with Crippen molar-refractivity contribution in [2.75, 3.05) is 12.4 Å². The van der Waals surface area contributed by atoms with E-state index in [1.165, 1.54) is 25.3 Å². The van der Waals surface area contributed by atoms with Crippen LogP contribution >= 0.6 is 11.6 Å². The Morgan fingerprint density at radius 2 is 2.04 bits per heavy atom. The molecule has 0 atom stereocenters. The molecule has 0 aliphatic rings. The lowest BCUT2D eigenvalue weighted by Crippen LogP contribution is -2.30. The van der Waals surface area contributed by atoms with Crippen molar-refractivity contribution in [1.82, 2.24) is 19.8 Å². The molecule has 0 saturated heterocycles. The lowest BCUT2D eigenvalue weighted by molar-refractivity contribution is -0.384. The second-order valence-corrected chi connectivity index (χ2v) is 5.88. The summed E-state index contributed by atoms with van der Waals surface area (Å²) in [5, 5.41) is 21.2. The summed E-state index contributed by atoms with van der Waals surface area (Å²) in [7, 11) is 1.37. The first kappa shape index (κ1) is 19.0. The number of benzene rings is 2. The van der Waals surface area contributed by atoms with Crippen molar-refractivity contribution in [3.05, 3.63) is 68.1 Å². The average Bonchev–Trinajstić information content (AvgIpc) is 3.02. The number of nitro groups is 1. The highest BCUT2D eigenvalue weighted by Gasteiger charge is 2.19. The van der Waals surface area contributed by atoms with Crippen LogP contribution in [0, 0.1) is 10.1 Å². The molecule has 0 aliphatic heterocycles. The van der Waals surface area contributed by atoms with Gasteiger partial charge in [0, 0.05) is 0 Å². The summed E-state index contributed by atoms with van der Waals surface area (Å²) in [6.07, 6.45) is 0. The van der Waals surface area contributed by atoms with Gasteiger partial charge in [0.05, 0.1) is 28.8 Å². The molecule has 1 N–H and O–H groups in total. The zero-order chi connectivity index (χ0) is 20.3. The van der Waals surface area contributed by atoms with E-state index >= 15 is 0 Å². The number of nitrogens with zero attached hydrogens (tertiary/aromatic N) is 5. The van der Waals surface area contributed by atoms with E-state index in [1.807, 2.05) is 0 Å². The van der Waals surface area contributed by atoms with Gasteiger partial charge in [0.25, 0.3) is 5.69 Å². The molecular weight excluding hydrogens is 392 g/mol. The van der Waals surface area contributed by atoms with E-state index in [-0.39, 0.29) is 22.1 Å². The third-order valence-electron chi connectivity index (χ3n) is 3.69. The molecule has 0 fully saturated rings. The van der Waals surface area contributed by atoms with E-state index in [9.17, 15) is 19.7 Å². The Hall–Kier alpha value is -3.73. The number of tetrazole rings is 1. The van der Waals surface area contributed by atoms with Gasteiger partial charge in [0.1, 0.15) is 18.0 Å². The third-order valence-corrected chi connectivity index (χ3v) is 4.01. The number of methoxy groups -OCH3 is 1. The lowest BCUT2D eigenvalue weighted by atomic mass is 10.2. The van der Waals surface area contributed by atoms with Gasteiger partial charge >= 0.3 is 5.69 Å². The molecule has 11 nitrogen and oxygen atoms in total. The third kappa shape index (κ3) is 3.83. The smallest absolute Gasteiger partial charge is 0.369 e. The maximum absolute atomic E-state index is 12.4. The Morgan fingerprint density at radius 1 is 1.29 bits per heavy atom. The van der Waals surface area contributed by atoms with Crippen LogP contribution < -0.4 is 15.7 Å². The van der Waals surface area contributed by atoms with Crippen LogP contribution in [-0.4, -0.2) is 37.7 Å². The van der Waals surface area contributed by atoms with Crippen molar-refractivity contribution in [3.63, 3.8) is 0 Å². The van der Waals surface area contributed by atoms with Gasteiger partial charge in [-0.2, -0.15) is 9.36 Å². The van der Waals surface area contributed by atoms with Gasteiger partial charge in [0.15, 0.2) is 0 Å². The van der Waals surface area contributed by atoms with Crippen LogP contribution in [0.2, 0.25) is 5.02 Å². The molecule has 0 aliphatic carbocycles. The first-order valence-corrected chi connectivity index (χ1v) is 8.18. The van der Waals surface area contributed by atoms with Crippen molar-refractivity contribution < 1.29 is 14.5 Å². The molecule has 1 aromatic heterocycles. The Labute approximate surface area is 162 Å². The SMILES string of the molecule is COc1ccc(NC(=O)Cn2nnn(-c3ccccc3Cl)c2=O)c([N+](=O)[O-])c1. The van der Waals surface area contributed by atoms with Gasteiger partial charge in [-0.3, -0.25) is 14.9 Å². The van der Waals surface area contributed by atoms with E-state index in [0.717, 1.165) is 9.36 Å². The summed E-state index contributed by atoms with van der Waals surface area (Å²) in [6, 6.07) is 10.5. The molecule has 144 valence electrons. The molecule has 12 heteroatoms. The topological polar surface area (TPSA) is 134 Å². The standard InChI is InChI=1S/C16H13ClN6O5/c1-28-10-6-7-12(14(8-10)23(26)27)18-15(24)9-21-16(25)22(20-19-21)13-5-3-2-4-11(13)17/h2-8H,9H2,1H3,(H,18,24). The molecule has 0 radical (unpaired) electrons. The predicted octanol–water partition coefficient (Wildman–Crippen LogP) is 1.64. The molecule has 0 saturated carbocycles. The number of rotatable bonds is 6. The fourth-order valence-corrected chi connectivity index (χ4v) is 2.58. The number of halogens is 1. The van der Waals surface area contributed by atoms with Crippen molar-refractivity contribution in [2.24, 2.45) is 0 Å². The Morgan fingerprint density at radius 3 is 2.71 bits per heavy atom. The minimum atomic E-state index is -0.693. The summed E-state index contributed by atoms with van der Waals surface area (Å²) in [4.78, 5) is 35.2. The monoisotopic (exact) mass is 404 g/mol. The minimum Gasteiger partial charge on any atom is -0.496 e. The summed E-state index contributed by atoms with van der Waals surface area (Å²) in [6.45, 7) is -0.494. The van der Waals surface area contributed by atoms with Gasteiger partial charge in [-0.15, -0.1) is 0 Å². The van der Waals surface area contributed by atoms with Gasteiger partial charge in [0.2, 0.25) is 5.91 Å². The molecule has 28 heavy (non-hydrogen) atoms. The molecular formula is C16H13ClN6O5. The molecule has 3 rings (SSSR count). The molecule has 2 aromatic carbocycles. The van der Waals surface area contributed by atoms with E-state index in [1.54, 1.807) is 24.3 Å². The highest BCUT2D eigenvalue weighted by molar-refractivity contribution is 6.32. The van der Waals surface area contributed by atoms with E-state index < -0.39 is 23.1 Å². The summed E-state index contributed by atoms with van der Waals surface area (Å²) in [5.41, 5.74) is -0.763. The zero-order valence-corrected chi connectivity index (χ0v) is 15.2. The first-order chi connectivity index (χ1) is 13.4. The second-order valence-electron chi connectivity index (χ2n) is 5.47. The van der Waals surface area contributed by atoms with Crippen LogP contribution in [0.25, 0.3) is 5.69 Å². The molecule has 0 spiro atoms. The van der Waals surface area contributed by atoms with Crippen LogP contribution in [0.4, 0.5) is 11.4 Å². The largest absolute Gasteiger partial charge is 0.496 e. The average molecular weight is 405 g/mol. The molecule has 0 unspecified atom stereocenters. The van der Waals surface area contributed by atoms with Crippen LogP contribution in [0.3, 0.4) is 0 Å². The zero-order valence-electron chi connectivity index (χ0n) is 14.4. The number of ether oxygens (including phenoxy) is 1. The second kappa shape index (κ2) is 7.88. The van der Waals surface area contributed by atoms with Crippen LogP contribution in [0.15, 0.2) is 47.3 Å². The van der Waals surface area contributed by atoms with E-state index in [2.05, 4.69) is 15.7 Å². The Kier molecular flexibility index (Phi) is 5.36. The lowest BCUT2D eigenvalue weighted by Gasteiger charge is -2.07. The predicted molar refractivity (Wildman–Crippen MR) is 98.9 cm³/mol. The Bertz CT molecular complexity index is 1110. The molecule has 3 aromatic rings. The number of para-hydroxylation sites is 1. The fraction of sp³-hybridized carbons (Fsp3) is 0.125. The molecule has 1 heterocycles. The van der Waals surface area contributed by atoms with Crippen molar-refractivity contribution >= 4 is 28.9 Å². The first-order valence-electron chi connectivity index (χ1n) is 7.80. The number of nitrogens with one attached hydrogen (secondary N) is 1. The van der Waals surface area contributed by atoms with Crippen LogP contribution in [-0.2, 0) is 11.3 Å². The quantitative estimate of drug-likeness (QED) is 0.487. The van der Waals surface area contributed by atoms with E-state index in [4.69, 9.17) is 16.3 Å². The summed E-state index contributed by atoms with van der Waals surface area (Å²) in [5.74, 6) is -0.426. The number of hydrogen-bond acceptors (Lipinski definition) is 7. The highest BCUT2D eigenvalue weighted by Crippen LogP contribution is 2.28. The summed E-state index contributed by atoms with van der Waals surface area (Å²) >= 11 is 6.03. The normalized spacial score (nSPS) is 10.5. The minimum absolute atomic E-state index is 0.0395. The number of hydrogen-bond donors (Lipinski definition) is 1. The number of aromatic nitrogens is 4. The van der Waals surface area contributed by atoms with Crippen LogP contribution in [0.5, 0.6) is 5.75 Å². The maximum Gasteiger partial charge on any atom is 0.369 e. The number of nitro benzene ring substituents is 1. The highest BCUT2D eigenvalue weighted by atomic mass is 35.5. The van der Waals surface area contributed by atoms with Gasteiger partial charge in [-0.05, 0) is 34.7 Å². The number of carbonyl (C=O) groups excluding carboxylic acids is 1. The van der Waals surface area contributed by atoms with Gasteiger partial charge in [-0.1, -0.05) is 23.7 Å². The Balaban J connectivity index is 1.81. The van der Waals surface area contributed by atoms with Crippen molar-refractivity contribution in [1.29, 1.82) is 0 Å². The number of carbonyl (C=O) groups is 1. The molecule has 0 bridgehead atoms. The van der Waals surface area contributed by atoms with E-state index in [0.29, 0.717) is 5.69 Å². The summed E-state index contributed by atoms with van der Waals surface area (Å²) < 4.78 is 6.70.